The minimum atomic E-state index is -4.17. The molecule has 0 spiro atoms. The van der Waals surface area contributed by atoms with Gasteiger partial charge in [-0.3, -0.25) is 9.78 Å². The third kappa shape index (κ3) is 3.65. The van der Waals surface area contributed by atoms with Crippen LogP contribution in [0.1, 0.15) is 11.6 Å². The fourth-order valence-electron chi connectivity index (χ4n) is 2.36. The lowest BCUT2D eigenvalue weighted by Gasteiger charge is -2.15. The van der Waals surface area contributed by atoms with E-state index in [-0.39, 0.29) is 4.90 Å². The molecular weight excluding hydrogens is 347 g/mol. The number of halogens is 1. The average molecular weight is 360 g/mol. The van der Waals surface area contributed by atoms with Crippen LogP contribution in [0.2, 0.25) is 0 Å². The molecule has 0 unspecified atom stereocenters. The first-order chi connectivity index (χ1) is 11.9. The Labute approximate surface area is 143 Å². The van der Waals surface area contributed by atoms with E-state index < -0.39 is 27.9 Å². The van der Waals surface area contributed by atoms with E-state index in [4.69, 9.17) is 0 Å². The number of aromatic nitrogens is 1. The highest BCUT2D eigenvalue weighted by Crippen LogP contribution is 2.21. The number of nitrogens with one attached hydrogen (secondary N) is 1. The molecule has 0 aliphatic rings. The monoisotopic (exact) mass is 360 g/mol. The second-order valence-electron chi connectivity index (χ2n) is 5.31. The summed E-state index contributed by atoms with van der Waals surface area (Å²) < 4.78 is 40.6. The van der Waals surface area contributed by atoms with Gasteiger partial charge in [0.15, 0.2) is 0 Å². The molecule has 3 rings (SSSR count). The average Bonchev–Trinajstić information content (AvgIpc) is 2.59. The second kappa shape index (κ2) is 6.58. The van der Waals surface area contributed by atoms with E-state index in [0.29, 0.717) is 16.5 Å². The topological polar surface area (TPSA) is 96.4 Å². The van der Waals surface area contributed by atoms with E-state index in [0.717, 1.165) is 12.3 Å². The molecule has 0 aliphatic heterocycles. The zero-order chi connectivity index (χ0) is 18.0. The van der Waals surface area contributed by atoms with Crippen molar-refractivity contribution in [1.82, 2.24) is 9.71 Å². The summed E-state index contributed by atoms with van der Waals surface area (Å²) in [6, 6.07) is 11.5. The number of aliphatic carboxylic acids is 1. The van der Waals surface area contributed by atoms with Crippen molar-refractivity contribution in [3.63, 3.8) is 0 Å². The fourth-order valence-corrected chi connectivity index (χ4v) is 3.52. The van der Waals surface area contributed by atoms with Gasteiger partial charge in [0.25, 0.3) is 0 Å². The minimum absolute atomic E-state index is 0.243. The summed E-state index contributed by atoms with van der Waals surface area (Å²) in [4.78, 5) is 15.2. The lowest BCUT2D eigenvalue weighted by atomic mass is 10.1. The van der Waals surface area contributed by atoms with E-state index in [1.165, 1.54) is 30.3 Å². The highest BCUT2D eigenvalue weighted by molar-refractivity contribution is 7.89. The molecule has 128 valence electrons. The molecule has 2 aromatic carbocycles. The molecule has 6 nitrogen and oxygen atoms in total. The number of pyridine rings is 1. The standard InChI is InChI=1S/C17H13FN2O4S/c18-13-6-7-15-12(8-13)9-14(10-19-15)25(23,24)20-16(17(21)22)11-4-2-1-3-5-11/h1-10,16,20H,(H,21,22)/t16-/m0/s1. The molecular formula is C17H13FN2O4S. The zero-order valence-electron chi connectivity index (χ0n) is 12.8. The molecule has 0 radical (unpaired) electrons. The summed E-state index contributed by atoms with van der Waals surface area (Å²) in [5.41, 5.74) is 0.719. The van der Waals surface area contributed by atoms with Crippen LogP contribution >= 0.6 is 0 Å². The molecule has 0 saturated carbocycles. The van der Waals surface area contributed by atoms with Gasteiger partial charge in [-0.2, -0.15) is 4.72 Å². The van der Waals surface area contributed by atoms with Gasteiger partial charge in [0.2, 0.25) is 10.0 Å². The number of sulfonamides is 1. The number of nitrogens with zero attached hydrogens (tertiary/aromatic N) is 1. The normalized spacial score (nSPS) is 12.8. The Hall–Kier alpha value is -2.84. The third-order valence-electron chi connectivity index (χ3n) is 3.58. The molecule has 1 atom stereocenters. The van der Waals surface area contributed by atoms with Crippen LogP contribution in [0.3, 0.4) is 0 Å². The first-order valence-electron chi connectivity index (χ1n) is 7.22. The van der Waals surface area contributed by atoms with Crippen molar-refractivity contribution in [1.29, 1.82) is 0 Å². The molecule has 3 aromatic rings. The molecule has 2 N–H and O–H groups in total. The molecule has 0 fully saturated rings. The lowest BCUT2D eigenvalue weighted by Crippen LogP contribution is -2.33. The zero-order valence-corrected chi connectivity index (χ0v) is 13.6. The molecule has 8 heteroatoms. The molecule has 0 saturated heterocycles. The SMILES string of the molecule is O=C(O)[C@@H](NS(=O)(=O)c1cnc2ccc(F)cc2c1)c1ccccc1. The van der Waals surface area contributed by atoms with Gasteiger partial charge >= 0.3 is 5.97 Å². The smallest absolute Gasteiger partial charge is 0.326 e. The summed E-state index contributed by atoms with van der Waals surface area (Å²) in [7, 11) is -4.17. The van der Waals surface area contributed by atoms with Gasteiger partial charge in [0.1, 0.15) is 16.8 Å². The van der Waals surface area contributed by atoms with E-state index in [1.807, 2.05) is 0 Å². The molecule has 25 heavy (non-hydrogen) atoms. The number of benzene rings is 2. The fraction of sp³-hybridized carbons (Fsp3) is 0.0588. The van der Waals surface area contributed by atoms with E-state index in [1.54, 1.807) is 18.2 Å². The van der Waals surface area contributed by atoms with E-state index in [9.17, 15) is 22.7 Å². The Kier molecular flexibility index (Phi) is 4.47. The predicted octanol–water partition coefficient (Wildman–Crippen LogP) is 2.48. The maximum absolute atomic E-state index is 13.3. The number of fused-ring (bicyclic) bond motifs is 1. The maximum Gasteiger partial charge on any atom is 0.326 e. The van der Waals surface area contributed by atoms with E-state index >= 15 is 0 Å². The van der Waals surface area contributed by atoms with Crippen LogP contribution in [-0.2, 0) is 14.8 Å². The number of carboxylic acids is 1. The molecule has 1 aromatic heterocycles. The number of carboxylic acid groups (broad SMARTS) is 1. The quantitative estimate of drug-likeness (QED) is 0.729. The number of hydrogen-bond acceptors (Lipinski definition) is 4. The van der Waals surface area contributed by atoms with Gasteiger partial charge in [-0.1, -0.05) is 30.3 Å². The Morgan fingerprint density at radius 3 is 2.52 bits per heavy atom. The molecule has 0 bridgehead atoms. The van der Waals surface area contributed by atoms with Crippen LogP contribution in [0.4, 0.5) is 4.39 Å². The van der Waals surface area contributed by atoms with Crippen molar-refractivity contribution in [2.45, 2.75) is 10.9 Å². The summed E-state index contributed by atoms with van der Waals surface area (Å²) >= 11 is 0. The Morgan fingerprint density at radius 1 is 1.12 bits per heavy atom. The van der Waals surface area contributed by atoms with Gasteiger partial charge in [-0.25, -0.2) is 12.8 Å². The van der Waals surface area contributed by atoms with Crippen LogP contribution in [0, 0.1) is 5.82 Å². The van der Waals surface area contributed by atoms with Crippen molar-refractivity contribution >= 4 is 26.9 Å². The van der Waals surface area contributed by atoms with E-state index in [2.05, 4.69) is 9.71 Å². The van der Waals surface area contributed by atoms with Crippen molar-refractivity contribution in [3.05, 3.63) is 72.2 Å². The summed E-state index contributed by atoms with van der Waals surface area (Å²) in [5, 5.41) is 9.65. The molecule has 0 amide bonds. The third-order valence-corrected chi connectivity index (χ3v) is 4.97. The van der Waals surface area contributed by atoms with Crippen molar-refractivity contribution in [2.24, 2.45) is 0 Å². The van der Waals surface area contributed by atoms with Crippen LogP contribution in [0.15, 0.2) is 65.7 Å². The largest absolute Gasteiger partial charge is 0.480 e. The van der Waals surface area contributed by atoms with Crippen LogP contribution < -0.4 is 4.72 Å². The van der Waals surface area contributed by atoms with Crippen LogP contribution in [0.5, 0.6) is 0 Å². The highest BCUT2D eigenvalue weighted by Gasteiger charge is 2.27. The Bertz CT molecular complexity index is 1040. The Morgan fingerprint density at radius 2 is 1.84 bits per heavy atom. The van der Waals surface area contributed by atoms with Gasteiger partial charge in [-0.05, 0) is 29.8 Å². The van der Waals surface area contributed by atoms with Gasteiger partial charge in [0, 0.05) is 11.6 Å². The van der Waals surface area contributed by atoms with Crippen LogP contribution in [0.25, 0.3) is 10.9 Å². The first kappa shape index (κ1) is 17.0. The van der Waals surface area contributed by atoms with Gasteiger partial charge in [-0.15, -0.1) is 0 Å². The van der Waals surface area contributed by atoms with Crippen molar-refractivity contribution < 1.29 is 22.7 Å². The Balaban J connectivity index is 1.99. The predicted molar refractivity (Wildman–Crippen MR) is 88.8 cm³/mol. The summed E-state index contributed by atoms with van der Waals surface area (Å²) in [5.74, 6) is -1.86. The lowest BCUT2D eigenvalue weighted by molar-refractivity contribution is -0.139. The second-order valence-corrected chi connectivity index (χ2v) is 7.03. The minimum Gasteiger partial charge on any atom is -0.480 e. The highest BCUT2D eigenvalue weighted by atomic mass is 32.2. The number of carbonyl (C=O) groups is 1. The first-order valence-corrected chi connectivity index (χ1v) is 8.70. The molecule has 1 heterocycles. The summed E-state index contributed by atoms with van der Waals surface area (Å²) in [6.07, 6.45) is 1.10. The maximum atomic E-state index is 13.3. The van der Waals surface area contributed by atoms with Crippen molar-refractivity contribution in [3.8, 4) is 0 Å². The van der Waals surface area contributed by atoms with Crippen molar-refractivity contribution in [2.75, 3.05) is 0 Å². The van der Waals surface area contributed by atoms with Gasteiger partial charge < -0.3 is 5.11 Å². The van der Waals surface area contributed by atoms with Crippen LogP contribution in [-0.4, -0.2) is 24.5 Å². The summed E-state index contributed by atoms with van der Waals surface area (Å²) in [6.45, 7) is 0. The number of hydrogen-bond donors (Lipinski definition) is 2. The number of rotatable bonds is 5. The molecule has 0 aliphatic carbocycles. The van der Waals surface area contributed by atoms with Gasteiger partial charge in [0.05, 0.1) is 5.52 Å².